The van der Waals surface area contributed by atoms with Gasteiger partial charge in [0, 0.05) is 13.0 Å². The monoisotopic (exact) mass is 943 g/mol. The molecule has 0 radical (unpaired) electrons. The molecule has 1 aliphatic rings. The number of carbonyl (C=O) groups is 1. The van der Waals surface area contributed by atoms with Crippen molar-refractivity contribution in [3.63, 3.8) is 0 Å². The maximum absolute atomic E-state index is 12.8. The van der Waals surface area contributed by atoms with Crippen LogP contribution in [0.15, 0.2) is 134 Å². The van der Waals surface area contributed by atoms with Crippen molar-refractivity contribution in [2.75, 3.05) is 19.8 Å². The summed E-state index contributed by atoms with van der Waals surface area (Å²) >= 11 is 0. The molecule has 6 unspecified atom stereocenters. The number of esters is 1. The predicted octanol–water partition coefficient (Wildman–Crippen LogP) is 10.4. The van der Waals surface area contributed by atoms with Crippen molar-refractivity contribution in [2.24, 2.45) is 0 Å². The number of aliphatic hydroxyl groups excluding tert-OH is 5. The van der Waals surface area contributed by atoms with Gasteiger partial charge < -0.3 is 39.9 Å². The number of hydrogen-bond donors (Lipinski definition) is 6. The third-order valence-electron chi connectivity index (χ3n) is 10.0. The van der Waals surface area contributed by atoms with Crippen LogP contribution in [0.1, 0.15) is 129 Å². The smallest absolute Gasteiger partial charge is 0.457 e. The van der Waals surface area contributed by atoms with Crippen LogP contribution in [-0.4, -0.2) is 98.9 Å². The molecule has 66 heavy (non-hydrogen) atoms. The summed E-state index contributed by atoms with van der Waals surface area (Å²) in [7, 11) is -5.06. The van der Waals surface area contributed by atoms with E-state index in [4.69, 9.17) is 18.5 Å². The Morgan fingerprint density at radius 2 is 0.848 bits per heavy atom. The number of rotatable bonds is 38. The molecule has 0 amide bonds. The molecule has 1 aliphatic carbocycles. The Bertz CT molecular complexity index is 1590. The van der Waals surface area contributed by atoms with Crippen molar-refractivity contribution in [1.82, 2.24) is 0 Å². The molecule has 0 aromatic rings. The molecular weight excluding hydrogens is 860 g/mol. The second kappa shape index (κ2) is 41.7. The fourth-order valence-electron chi connectivity index (χ4n) is 6.28. The summed E-state index contributed by atoms with van der Waals surface area (Å²) in [5, 5.41) is 50.2. The molecule has 1 saturated carbocycles. The van der Waals surface area contributed by atoms with E-state index in [2.05, 4.69) is 148 Å². The predicted molar refractivity (Wildman–Crippen MR) is 266 cm³/mol. The first-order valence-corrected chi connectivity index (χ1v) is 25.5. The Hall–Kier alpha value is -3.52. The second-order valence-electron chi connectivity index (χ2n) is 15.8. The molecule has 0 spiro atoms. The number of aliphatic hydroxyl groups is 5. The summed E-state index contributed by atoms with van der Waals surface area (Å²) in [6.45, 7) is 3.82. The molecule has 372 valence electrons. The number of phosphoric acid groups is 1. The molecule has 0 aromatic heterocycles. The van der Waals surface area contributed by atoms with Crippen molar-refractivity contribution in [3.05, 3.63) is 134 Å². The van der Waals surface area contributed by atoms with Gasteiger partial charge in [0.05, 0.1) is 13.2 Å². The van der Waals surface area contributed by atoms with E-state index >= 15 is 0 Å². The largest absolute Gasteiger partial charge is 0.472 e. The molecule has 1 rings (SSSR count). The van der Waals surface area contributed by atoms with E-state index < -0.39 is 63.1 Å². The van der Waals surface area contributed by atoms with E-state index in [1.165, 1.54) is 0 Å². The zero-order valence-electron chi connectivity index (χ0n) is 39.7. The van der Waals surface area contributed by atoms with E-state index in [0.29, 0.717) is 19.4 Å². The van der Waals surface area contributed by atoms with Gasteiger partial charge in [-0.15, -0.1) is 0 Å². The summed E-state index contributed by atoms with van der Waals surface area (Å²) in [6.07, 6.45) is 49.5. The average Bonchev–Trinajstić information content (AvgIpc) is 3.30. The van der Waals surface area contributed by atoms with Gasteiger partial charge in [-0.2, -0.15) is 0 Å². The van der Waals surface area contributed by atoms with Gasteiger partial charge in [0.1, 0.15) is 42.7 Å². The topological polar surface area (TPSA) is 192 Å². The van der Waals surface area contributed by atoms with Gasteiger partial charge in [0.25, 0.3) is 0 Å². The zero-order chi connectivity index (χ0) is 48.4. The van der Waals surface area contributed by atoms with Crippen molar-refractivity contribution in [3.8, 4) is 0 Å². The highest BCUT2D eigenvalue weighted by molar-refractivity contribution is 7.47. The molecule has 12 nitrogen and oxygen atoms in total. The standard InChI is InChI=1S/C53H83O12P/c1-3-5-7-9-11-13-15-17-19-21-23-25-27-29-31-33-35-37-39-41-43-62-44-46(45-63-66(60,61)65-53-51(58)49(56)48(55)50(57)52(53)59)64-47(54)42-40-38-36-34-32-30-28-26-24-22-20-18-16-14-12-10-8-6-4-2/h5-8,11-14,17-20,23-26,29-32,35,37,46,48-53,55-59H,3-4,9-10,15-16,21-22,27-28,33-34,36,38-45H2,1-2H3,(H,60,61)/b7-5-,8-6-,13-11-,14-12-,19-17-,20-18-,25-23-,26-24-,31-29-,32-30-,37-35-. The lowest BCUT2D eigenvalue weighted by Crippen LogP contribution is -2.64. The third kappa shape index (κ3) is 33.0. The van der Waals surface area contributed by atoms with Crippen molar-refractivity contribution >= 4 is 13.8 Å². The number of carbonyl (C=O) groups excluding carboxylic acids is 1. The van der Waals surface area contributed by atoms with Crippen LogP contribution in [-0.2, 0) is 27.9 Å². The first kappa shape index (κ1) is 60.5. The van der Waals surface area contributed by atoms with Crippen LogP contribution in [0, 0.1) is 0 Å². The minimum atomic E-state index is -5.06. The van der Waals surface area contributed by atoms with Crippen LogP contribution < -0.4 is 0 Å². The lowest BCUT2D eigenvalue weighted by molar-refractivity contribution is -0.220. The molecule has 1 fully saturated rings. The summed E-state index contributed by atoms with van der Waals surface area (Å²) in [6, 6.07) is 0. The first-order valence-electron chi connectivity index (χ1n) is 24.0. The molecule has 0 heterocycles. The van der Waals surface area contributed by atoms with Crippen molar-refractivity contribution < 1.29 is 58.3 Å². The van der Waals surface area contributed by atoms with Crippen LogP contribution in [0.3, 0.4) is 0 Å². The van der Waals surface area contributed by atoms with Gasteiger partial charge in [0.15, 0.2) is 0 Å². The molecule has 13 heteroatoms. The Morgan fingerprint density at radius 3 is 1.26 bits per heavy atom. The lowest BCUT2D eigenvalue weighted by Gasteiger charge is -2.41. The highest BCUT2D eigenvalue weighted by Crippen LogP contribution is 2.47. The molecule has 0 bridgehead atoms. The maximum atomic E-state index is 12.8. The van der Waals surface area contributed by atoms with Gasteiger partial charge in [-0.1, -0.05) is 154 Å². The van der Waals surface area contributed by atoms with Crippen molar-refractivity contribution in [1.29, 1.82) is 0 Å². The van der Waals surface area contributed by atoms with Gasteiger partial charge in [-0.05, 0) is 103 Å². The van der Waals surface area contributed by atoms with Crippen LogP contribution in [0.2, 0.25) is 0 Å². The molecule has 0 aliphatic heterocycles. The number of unbranched alkanes of at least 4 members (excludes halogenated alkanes) is 4. The van der Waals surface area contributed by atoms with Crippen LogP contribution >= 0.6 is 7.82 Å². The lowest BCUT2D eigenvalue weighted by atomic mass is 9.85. The van der Waals surface area contributed by atoms with E-state index in [9.17, 15) is 39.8 Å². The highest BCUT2D eigenvalue weighted by atomic mass is 31.2. The summed E-state index contributed by atoms with van der Waals surface area (Å²) < 4.78 is 34.1. The van der Waals surface area contributed by atoms with Gasteiger partial charge in [-0.3, -0.25) is 13.8 Å². The Morgan fingerprint density at radius 1 is 0.485 bits per heavy atom. The minimum Gasteiger partial charge on any atom is -0.457 e. The molecule has 0 saturated heterocycles. The van der Waals surface area contributed by atoms with Gasteiger partial charge in [-0.25, -0.2) is 4.57 Å². The van der Waals surface area contributed by atoms with Crippen LogP contribution in [0.4, 0.5) is 0 Å². The molecule has 6 N–H and O–H groups in total. The number of allylic oxidation sites excluding steroid dienone is 22. The van der Waals surface area contributed by atoms with Crippen LogP contribution in [0.25, 0.3) is 0 Å². The number of ether oxygens (including phenoxy) is 2. The summed E-state index contributed by atoms with van der Waals surface area (Å²) in [5.41, 5.74) is 0. The second-order valence-corrected chi connectivity index (χ2v) is 17.2. The summed E-state index contributed by atoms with van der Waals surface area (Å²) in [4.78, 5) is 23.2. The van der Waals surface area contributed by atoms with E-state index in [1.54, 1.807) is 0 Å². The zero-order valence-corrected chi connectivity index (χ0v) is 40.6. The highest BCUT2D eigenvalue weighted by Gasteiger charge is 2.51. The van der Waals surface area contributed by atoms with Crippen molar-refractivity contribution in [2.45, 2.75) is 172 Å². The van der Waals surface area contributed by atoms with E-state index in [1.807, 2.05) is 0 Å². The van der Waals surface area contributed by atoms with Gasteiger partial charge >= 0.3 is 13.8 Å². The quantitative estimate of drug-likeness (QED) is 0.0149. The Labute approximate surface area is 396 Å². The number of hydrogen-bond acceptors (Lipinski definition) is 11. The normalized spacial score (nSPS) is 22.6. The fraction of sp³-hybridized carbons (Fsp3) is 0.566. The van der Waals surface area contributed by atoms with E-state index in [-0.39, 0.29) is 13.0 Å². The van der Waals surface area contributed by atoms with Gasteiger partial charge in [0.2, 0.25) is 0 Å². The maximum Gasteiger partial charge on any atom is 0.472 e. The van der Waals surface area contributed by atoms with Crippen LogP contribution in [0.5, 0.6) is 0 Å². The fourth-order valence-corrected chi connectivity index (χ4v) is 7.25. The third-order valence-corrected chi connectivity index (χ3v) is 11.0. The molecule has 0 aromatic carbocycles. The number of phosphoric ester groups is 1. The average molecular weight is 943 g/mol. The SMILES string of the molecule is CC/C=C\C/C=C\C/C=C\C/C=C\C/C=C\C/C=C\CCCOCC(COP(=O)(O)OC1C(O)C(O)C(O)C(O)C1O)OC(=O)CCCCC/C=C\C/C=C\C/C=C\C/C=C\C/C=C\CC. The van der Waals surface area contributed by atoms with E-state index in [0.717, 1.165) is 96.3 Å². The Kier molecular flexibility index (Phi) is 38.2. The molecular formula is C53H83O12P. The summed E-state index contributed by atoms with van der Waals surface area (Å²) in [5.74, 6) is -0.535. The minimum absolute atomic E-state index is 0.122. The molecule has 6 atom stereocenters. The Balaban J connectivity index is 2.48. The first-order chi connectivity index (χ1) is 32.0.